The molecular formula is C16H27N3. The van der Waals surface area contributed by atoms with E-state index >= 15 is 0 Å². The molecule has 1 heterocycles. The largest absolute Gasteiger partial charge is 0.372 e. The summed E-state index contributed by atoms with van der Waals surface area (Å²) in [7, 11) is 0. The quantitative estimate of drug-likeness (QED) is 0.608. The summed E-state index contributed by atoms with van der Waals surface area (Å²) in [5, 5.41) is 3.39. The van der Waals surface area contributed by atoms with E-state index in [1.54, 1.807) is 0 Å². The third kappa shape index (κ3) is 5.03. The maximum absolute atomic E-state index is 4.53. The lowest BCUT2D eigenvalue weighted by Gasteiger charge is -2.31. The molecule has 19 heavy (non-hydrogen) atoms. The van der Waals surface area contributed by atoms with Crippen LogP contribution in [0.5, 0.6) is 0 Å². The summed E-state index contributed by atoms with van der Waals surface area (Å²) >= 11 is 0. The van der Waals surface area contributed by atoms with E-state index in [4.69, 9.17) is 0 Å². The minimum absolute atomic E-state index is 1.02. The molecule has 0 bridgehead atoms. The van der Waals surface area contributed by atoms with Gasteiger partial charge >= 0.3 is 0 Å². The van der Waals surface area contributed by atoms with Gasteiger partial charge in [-0.05, 0) is 27.2 Å². The number of hydrogen-bond acceptors (Lipinski definition) is 3. The normalized spacial score (nSPS) is 19.4. The van der Waals surface area contributed by atoms with Crippen LogP contribution in [0.2, 0.25) is 0 Å². The van der Waals surface area contributed by atoms with Crippen LogP contribution in [-0.2, 0) is 0 Å². The molecule has 0 radical (unpaired) electrons. The Morgan fingerprint density at radius 3 is 2.53 bits per heavy atom. The molecule has 1 saturated heterocycles. The zero-order valence-corrected chi connectivity index (χ0v) is 12.7. The molecule has 0 spiro atoms. The summed E-state index contributed by atoms with van der Waals surface area (Å²) < 4.78 is 0. The van der Waals surface area contributed by atoms with Gasteiger partial charge in [0.05, 0.1) is 0 Å². The summed E-state index contributed by atoms with van der Waals surface area (Å²) in [6.07, 6.45) is 9.26. The molecule has 0 amide bonds. The lowest BCUT2D eigenvalue weighted by Crippen LogP contribution is -2.42. The van der Waals surface area contributed by atoms with Crippen molar-refractivity contribution in [2.45, 2.75) is 34.1 Å². The van der Waals surface area contributed by atoms with Crippen molar-refractivity contribution < 1.29 is 0 Å². The van der Waals surface area contributed by atoms with E-state index in [2.05, 4.69) is 61.1 Å². The Bertz CT molecular complexity index is 383. The summed E-state index contributed by atoms with van der Waals surface area (Å²) in [6.45, 7) is 12.7. The molecule has 3 nitrogen and oxygen atoms in total. The number of nitrogens with zero attached hydrogens (tertiary/aromatic N) is 2. The highest BCUT2D eigenvalue weighted by atomic mass is 15.2. The van der Waals surface area contributed by atoms with Gasteiger partial charge in [-0.1, -0.05) is 25.2 Å². The van der Waals surface area contributed by atoms with Crippen LogP contribution in [-0.4, -0.2) is 36.8 Å². The van der Waals surface area contributed by atoms with Crippen molar-refractivity contribution in [3.63, 3.8) is 0 Å². The Hall–Kier alpha value is -1.35. The molecule has 0 aliphatic carbocycles. The Labute approximate surface area is 117 Å². The van der Waals surface area contributed by atoms with Crippen LogP contribution in [0, 0.1) is 0 Å². The molecule has 0 atom stereocenters. The number of allylic oxidation sites excluding steroid dienone is 5. The van der Waals surface area contributed by atoms with Gasteiger partial charge in [0.15, 0.2) is 0 Å². The highest BCUT2D eigenvalue weighted by Crippen LogP contribution is 2.14. The van der Waals surface area contributed by atoms with Crippen molar-refractivity contribution in [1.82, 2.24) is 10.2 Å². The van der Waals surface area contributed by atoms with E-state index < -0.39 is 0 Å². The van der Waals surface area contributed by atoms with Crippen molar-refractivity contribution in [2.75, 3.05) is 26.2 Å². The third-order valence-corrected chi connectivity index (χ3v) is 3.31. The van der Waals surface area contributed by atoms with Gasteiger partial charge in [-0.3, -0.25) is 4.99 Å². The van der Waals surface area contributed by atoms with Gasteiger partial charge in [0.2, 0.25) is 0 Å². The van der Waals surface area contributed by atoms with Gasteiger partial charge in [-0.15, -0.1) is 0 Å². The lowest BCUT2D eigenvalue weighted by atomic mass is 10.1. The van der Waals surface area contributed by atoms with Crippen molar-refractivity contribution in [3.8, 4) is 0 Å². The Kier molecular flexibility index (Phi) is 7.19. The molecule has 1 aliphatic heterocycles. The fourth-order valence-electron chi connectivity index (χ4n) is 2.18. The first-order valence-electron chi connectivity index (χ1n) is 7.19. The summed E-state index contributed by atoms with van der Waals surface area (Å²) in [6, 6.07) is 0. The van der Waals surface area contributed by atoms with E-state index in [-0.39, 0.29) is 0 Å². The van der Waals surface area contributed by atoms with E-state index in [1.807, 2.05) is 6.20 Å². The number of rotatable bonds is 5. The summed E-state index contributed by atoms with van der Waals surface area (Å²) in [4.78, 5) is 6.97. The molecule has 1 rings (SSSR count). The molecule has 1 fully saturated rings. The first-order chi connectivity index (χ1) is 9.20. The maximum atomic E-state index is 4.53. The van der Waals surface area contributed by atoms with Gasteiger partial charge in [0.1, 0.15) is 0 Å². The van der Waals surface area contributed by atoms with Gasteiger partial charge in [-0.25, -0.2) is 0 Å². The van der Waals surface area contributed by atoms with Crippen LogP contribution in [0.25, 0.3) is 0 Å². The molecule has 1 aliphatic rings. The SMILES string of the molecule is C\C=C/C(C(/C)=N/C=C/CC)=C(/C)N1CCNCC1. The van der Waals surface area contributed by atoms with Crippen molar-refractivity contribution in [1.29, 1.82) is 0 Å². The van der Waals surface area contributed by atoms with E-state index in [9.17, 15) is 0 Å². The molecule has 1 N–H and O–H groups in total. The fourth-order valence-corrected chi connectivity index (χ4v) is 2.18. The van der Waals surface area contributed by atoms with Gasteiger partial charge in [-0.2, -0.15) is 0 Å². The second-order valence-electron chi connectivity index (χ2n) is 4.74. The van der Waals surface area contributed by atoms with Crippen molar-refractivity contribution >= 4 is 5.71 Å². The Balaban J connectivity index is 2.96. The van der Waals surface area contributed by atoms with E-state index in [1.165, 1.54) is 11.3 Å². The van der Waals surface area contributed by atoms with Crippen LogP contribution < -0.4 is 5.32 Å². The Morgan fingerprint density at radius 2 is 1.95 bits per heavy atom. The zero-order valence-electron chi connectivity index (χ0n) is 12.7. The first kappa shape index (κ1) is 15.7. The van der Waals surface area contributed by atoms with Crippen LogP contribution >= 0.6 is 0 Å². The second kappa shape index (κ2) is 8.70. The zero-order chi connectivity index (χ0) is 14.1. The number of piperazine rings is 1. The molecule has 0 aromatic heterocycles. The highest BCUT2D eigenvalue weighted by Gasteiger charge is 2.13. The van der Waals surface area contributed by atoms with Crippen LogP contribution in [0.3, 0.4) is 0 Å². The fraction of sp³-hybridized carbons (Fsp3) is 0.562. The molecule has 0 aromatic carbocycles. The predicted molar refractivity (Wildman–Crippen MR) is 84.5 cm³/mol. The van der Waals surface area contributed by atoms with Crippen LogP contribution in [0.15, 0.2) is 40.7 Å². The minimum atomic E-state index is 1.02. The highest BCUT2D eigenvalue weighted by molar-refractivity contribution is 6.01. The monoisotopic (exact) mass is 261 g/mol. The molecule has 106 valence electrons. The molecule has 0 aromatic rings. The smallest absolute Gasteiger partial charge is 0.0461 e. The standard InChI is InChI=1S/C16H27N3/c1-5-7-9-18-14(3)16(8-6-2)15(4)19-12-10-17-11-13-19/h6-9,17H,5,10-13H2,1-4H3/b8-6-,9-7+,16-15+,18-14+. The van der Waals surface area contributed by atoms with Crippen LogP contribution in [0.1, 0.15) is 34.1 Å². The Morgan fingerprint density at radius 1 is 1.26 bits per heavy atom. The maximum Gasteiger partial charge on any atom is 0.0461 e. The molecule has 3 heteroatoms. The summed E-state index contributed by atoms with van der Waals surface area (Å²) in [5.74, 6) is 0. The van der Waals surface area contributed by atoms with Crippen molar-refractivity contribution in [3.05, 3.63) is 35.7 Å². The van der Waals surface area contributed by atoms with Gasteiger partial charge in [0.25, 0.3) is 0 Å². The first-order valence-corrected chi connectivity index (χ1v) is 7.19. The third-order valence-electron chi connectivity index (χ3n) is 3.31. The van der Waals surface area contributed by atoms with Crippen molar-refractivity contribution in [2.24, 2.45) is 4.99 Å². The average Bonchev–Trinajstić information content (AvgIpc) is 2.45. The molecule has 0 saturated carbocycles. The molecule has 0 unspecified atom stereocenters. The van der Waals surface area contributed by atoms with Gasteiger partial charge in [0, 0.05) is 49.4 Å². The number of hydrogen-bond donors (Lipinski definition) is 1. The lowest BCUT2D eigenvalue weighted by molar-refractivity contribution is 0.299. The van der Waals surface area contributed by atoms with E-state index in [0.717, 1.165) is 38.3 Å². The van der Waals surface area contributed by atoms with Gasteiger partial charge < -0.3 is 10.2 Å². The average molecular weight is 261 g/mol. The number of aliphatic imine (C=N–C) groups is 1. The van der Waals surface area contributed by atoms with Crippen LogP contribution in [0.4, 0.5) is 0 Å². The molecular weight excluding hydrogens is 234 g/mol. The second-order valence-corrected chi connectivity index (χ2v) is 4.74. The predicted octanol–water partition coefficient (Wildman–Crippen LogP) is 3.13. The topological polar surface area (TPSA) is 27.6 Å². The number of nitrogens with one attached hydrogen (secondary N) is 1. The van der Waals surface area contributed by atoms with E-state index in [0.29, 0.717) is 0 Å². The minimum Gasteiger partial charge on any atom is -0.372 e. The summed E-state index contributed by atoms with van der Waals surface area (Å²) in [5.41, 5.74) is 3.65.